The van der Waals surface area contributed by atoms with Crippen LogP contribution in [0.15, 0.2) is 24.3 Å². The summed E-state index contributed by atoms with van der Waals surface area (Å²) in [6.07, 6.45) is 1.62. The lowest BCUT2D eigenvalue weighted by Crippen LogP contribution is -2.40. The van der Waals surface area contributed by atoms with Crippen molar-refractivity contribution in [2.45, 2.75) is 12.8 Å². The number of piperidine rings is 1. The summed E-state index contributed by atoms with van der Waals surface area (Å²) < 4.78 is 0. The van der Waals surface area contributed by atoms with Gasteiger partial charge in [0.2, 0.25) is 5.91 Å². The summed E-state index contributed by atoms with van der Waals surface area (Å²) in [6.45, 7) is 1.77. The van der Waals surface area contributed by atoms with Gasteiger partial charge in [0.05, 0.1) is 6.07 Å². The minimum absolute atomic E-state index is 0.00714. The predicted molar refractivity (Wildman–Crippen MR) is 75.0 cm³/mol. The van der Waals surface area contributed by atoms with Gasteiger partial charge in [-0.25, -0.2) is 0 Å². The van der Waals surface area contributed by atoms with E-state index >= 15 is 0 Å². The fourth-order valence-corrected chi connectivity index (χ4v) is 2.53. The topological polar surface area (TPSA) is 56.1 Å². The van der Waals surface area contributed by atoms with Gasteiger partial charge in [0.15, 0.2) is 0 Å². The lowest BCUT2D eigenvalue weighted by atomic mass is 9.95. The molecule has 1 fully saturated rings. The molecule has 1 amide bonds. The van der Waals surface area contributed by atoms with Gasteiger partial charge in [0.1, 0.15) is 6.54 Å². The zero-order valence-electron chi connectivity index (χ0n) is 10.6. The quantitative estimate of drug-likeness (QED) is 0.862. The molecule has 100 valence electrons. The summed E-state index contributed by atoms with van der Waals surface area (Å²) >= 11 is 5.98. The van der Waals surface area contributed by atoms with Crippen LogP contribution in [0.4, 0.5) is 5.69 Å². The van der Waals surface area contributed by atoms with Crippen LogP contribution in [0.1, 0.15) is 12.8 Å². The Morgan fingerprint density at radius 3 is 2.84 bits per heavy atom. The van der Waals surface area contributed by atoms with E-state index in [0.717, 1.165) is 36.6 Å². The van der Waals surface area contributed by atoms with Crippen LogP contribution >= 0.6 is 11.6 Å². The predicted octanol–water partition coefficient (Wildman–Crippen LogP) is 2.20. The van der Waals surface area contributed by atoms with E-state index in [4.69, 9.17) is 16.9 Å². The van der Waals surface area contributed by atoms with Gasteiger partial charge in [-0.15, -0.1) is 0 Å². The van der Waals surface area contributed by atoms with Gasteiger partial charge in [-0.05, 0) is 31.0 Å². The minimum Gasteiger partial charge on any atom is -0.371 e. The van der Waals surface area contributed by atoms with Crippen LogP contribution in [0.25, 0.3) is 0 Å². The first-order valence-corrected chi connectivity index (χ1v) is 6.73. The maximum Gasteiger partial charge on any atom is 0.224 e. The highest BCUT2D eigenvalue weighted by molar-refractivity contribution is 6.30. The molecule has 1 aromatic rings. The lowest BCUT2D eigenvalue weighted by molar-refractivity contribution is -0.125. The molecule has 0 bridgehead atoms. The van der Waals surface area contributed by atoms with Crippen LogP contribution in [-0.2, 0) is 4.79 Å². The first-order valence-electron chi connectivity index (χ1n) is 6.36. The zero-order valence-corrected chi connectivity index (χ0v) is 11.4. The highest BCUT2D eigenvalue weighted by atomic mass is 35.5. The van der Waals surface area contributed by atoms with Crippen molar-refractivity contribution in [3.8, 4) is 6.07 Å². The van der Waals surface area contributed by atoms with E-state index in [9.17, 15) is 4.79 Å². The number of nitrogens with one attached hydrogen (secondary N) is 1. The number of anilines is 1. The standard InChI is InChI=1S/C14H16ClN3O/c15-12-2-1-3-13(10-12)18-8-4-11(5-9-18)14(19)17-7-6-16/h1-3,10-11H,4-5,7-9H2,(H,17,19). The van der Waals surface area contributed by atoms with Crippen molar-refractivity contribution in [1.82, 2.24) is 5.32 Å². The van der Waals surface area contributed by atoms with E-state index in [1.165, 1.54) is 0 Å². The molecule has 0 spiro atoms. The number of rotatable bonds is 3. The van der Waals surface area contributed by atoms with Crippen LogP contribution < -0.4 is 10.2 Å². The fraction of sp³-hybridized carbons (Fsp3) is 0.429. The maximum absolute atomic E-state index is 11.8. The normalized spacial score (nSPS) is 15.9. The molecule has 1 aliphatic heterocycles. The van der Waals surface area contributed by atoms with Crippen molar-refractivity contribution in [2.24, 2.45) is 5.92 Å². The Hall–Kier alpha value is -1.73. The second-order valence-corrected chi connectivity index (χ2v) is 5.05. The molecular weight excluding hydrogens is 262 g/mol. The number of amides is 1. The van der Waals surface area contributed by atoms with E-state index in [-0.39, 0.29) is 18.4 Å². The molecule has 1 heterocycles. The molecule has 0 atom stereocenters. The fourth-order valence-electron chi connectivity index (χ4n) is 2.34. The van der Waals surface area contributed by atoms with Gasteiger partial charge in [-0.3, -0.25) is 4.79 Å². The van der Waals surface area contributed by atoms with E-state index in [1.807, 2.05) is 30.3 Å². The molecule has 0 unspecified atom stereocenters. The maximum atomic E-state index is 11.8. The molecule has 4 nitrogen and oxygen atoms in total. The molecule has 19 heavy (non-hydrogen) atoms. The van der Waals surface area contributed by atoms with Gasteiger partial charge in [-0.1, -0.05) is 17.7 Å². The number of carbonyl (C=O) groups is 1. The van der Waals surface area contributed by atoms with Crippen molar-refractivity contribution in [3.63, 3.8) is 0 Å². The highest BCUT2D eigenvalue weighted by Crippen LogP contribution is 2.25. The van der Waals surface area contributed by atoms with Crippen LogP contribution in [0, 0.1) is 17.2 Å². The summed E-state index contributed by atoms with van der Waals surface area (Å²) in [5.74, 6) is 0.0103. The van der Waals surface area contributed by atoms with Crippen molar-refractivity contribution >= 4 is 23.2 Å². The number of halogens is 1. The summed E-state index contributed by atoms with van der Waals surface area (Å²) in [5.41, 5.74) is 1.10. The number of hydrogen-bond acceptors (Lipinski definition) is 3. The number of nitrogens with zero attached hydrogens (tertiary/aromatic N) is 2. The number of nitriles is 1. The minimum atomic E-state index is -0.00714. The van der Waals surface area contributed by atoms with Gasteiger partial charge >= 0.3 is 0 Å². The molecule has 1 saturated heterocycles. The molecule has 0 aromatic heterocycles. The third-order valence-electron chi connectivity index (χ3n) is 3.38. The van der Waals surface area contributed by atoms with Crippen molar-refractivity contribution in [3.05, 3.63) is 29.3 Å². The van der Waals surface area contributed by atoms with Crippen LogP contribution in [0.2, 0.25) is 5.02 Å². The number of benzene rings is 1. The molecule has 1 N–H and O–H groups in total. The first kappa shape index (κ1) is 13.7. The molecule has 1 aromatic carbocycles. The summed E-state index contributed by atoms with van der Waals surface area (Å²) in [5, 5.41) is 11.8. The molecule has 0 radical (unpaired) electrons. The van der Waals surface area contributed by atoms with Crippen molar-refractivity contribution in [2.75, 3.05) is 24.5 Å². The summed E-state index contributed by atoms with van der Waals surface area (Å²) in [7, 11) is 0. The third-order valence-corrected chi connectivity index (χ3v) is 3.62. The first-order chi connectivity index (χ1) is 9.20. The molecule has 1 aliphatic rings. The van der Waals surface area contributed by atoms with Crippen molar-refractivity contribution < 1.29 is 4.79 Å². The molecular formula is C14H16ClN3O. The molecule has 5 heteroatoms. The second kappa shape index (κ2) is 6.44. The average Bonchev–Trinajstić information content (AvgIpc) is 2.45. The zero-order chi connectivity index (χ0) is 13.7. The van der Waals surface area contributed by atoms with Crippen molar-refractivity contribution in [1.29, 1.82) is 5.26 Å². The van der Waals surface area contributed by atoms with Gasteiger partial charge in [-0.2, -0.15) is 5.26 Å². The Morgan fingerprint density at radius 1 is 1.47 bits per heavy atom. The highest BCUT2D eigenvalue weighted by Gasteiger charge is 2.24. The number of carbonyl (C=O) groups excluding carboxylic acids is 1. The average molecular weight is 278 g/mol. The monoisotopic (exact) mass is 277 g/mol. The van der Waals surface area contributed by atoms with Gasteiger partial charge in [0, 0.05) is 29.7 Å². The third kappa shape index (κ3) is 3.62. The van der Waals surface area contributed by atoms with Crippen LogP contribution in [0.5, 0.6) is 0 Å². The van der Waals surface area contributed by atoms with Crippen LogP contribution in [-0.4, -0.2) is 25.5 Å². The molecule has 2 rings (SSSR count). The van der Waals surface area contributed by atoms with E-state index in [2.05, 4.69) is 10.2 Å². The van der Waals surface area contributed by atoms with E-state index in [0.29, 0.717) is 0 Å². The smallest absolute Gasteiger partial charge is 0.224 e. The van der Waals surface area contributed by atoms with E-state index < -0.39 is 0 Å². The van der Waals surface area contributed by atoms with E-state index in [1.54, 1.807) is 0 Å². The molecule has 0 aliphatic carbocycles. The Labute approximate surface area is 118 Å². The largest absolute Gasteiger partial charge is 0.371 e. The molecule has 0 saturated carbocycles. The number of hydrogen-bond donors (Lipinski definition) is 1. The SMILES string of the molecule is N#CCNC(=O)C1CCN(c2cccc(Cl)c2)CC1. The summed E-state index contributed by atoms with van der Waals surface area (Å²) in [6, 6.07) is 9.68. The Bertz CT molecular complexity index is 490. The van der Waals surface area contributed by atoms with Gasteiger partial charge in [0.25, 0.3) is 0 Å². The Balaban J connectivity index is 1.89. The Morgan fingerprint density at radius 2 is 2.21 bits per heavy atom. The second-order valence-electron chi connectivity index (χ2n) is 4.62. The van der Waals surface area contributed by atoms with Crippen LogP contribution in [0.3, 0.4) is 0 Å². The van der Waals surface area contributed by atoms with Gasteiger partial charge < -0.3 is 10.2 Å². The lowest BCUT2D eigenvalue weighted by Gasteiger charge is -2.33. The summed E-state index contributed by atoms with van der Waals surface area (Å²) in [4.78, 5) is 14.0. The Kier molecular flexibility index (Phi) is 4.64.